The van der Waals surface area contributed by atoms with Crippen molar-refractivity contribution >= 4 is 17.4 Å². The van der Waals surface area contributed by atoms with Crippen LogP contribution in [0.2, 0.25) is 0 Å². The maximum absolute atomic E-state index is 13.5. The summed E-state index contributed by atoms with van der Waals surface area (Å²) < 4.78 is 0. The van der Waals surface area contributed by atoms with Crippen LogP contribution in [0.5, 0.6) is 0 Å². The second-order valence-corrected chi connectivity index (χ2v) is 9.64. The number of carbonyl (C=O) groups excluding carboxylic acids is 1. The smallest absolute Gasteiger partial charge is 0.228 e. The monoisotopic (exact) mass is 369 g/mol. The number of nitrogens with zero attached hydrogens (tertiary/aromatic N) is 5. The highest BCUT2D eigenvalue weighted by Crippen LogP contribution is 2.60. The van der Waals surface area contributed by atoms with E-state index >= 15 is 0 Å². The summed E-state index contributed by atoms with van der Waals surface area (Å²) in [4.78, 5) is 20.0. The van der Waals surface area contributed by atoms with E-state index in [1.165, 1.54) is 19.3 Å². The van der Waals surface area contributed by atoms with Gasteiger partial charge in [-0.05, 0) is 56.3 Å². The van der Waals surface area contributed by atoms with Gasteiger partial charge in [0.15, 0.2) is 5.82 Å². The van der Waals surface area contributed by atoms with Gasteiger partial charge < -0.3 is 14.7 Å². The second kappa shape index (κ2) is 6.35. The first kappa shape index (κ1) is 17.3. The van der Waals surface area contributed by atoms with Crippen LogP contribution in [0.15, 0.2) is 12.3 Å². The molecule has 0 N–H and O–H groups in total. The Bertz CT molecular complexity index is 690. The zero-order chi connectivity index (χ0) is 18.6. The van der Waals surface area contributed by atoms with Crippen LogP contribution in [0.1, 0.15) is 38.5 Å². The highest BCUT2D eigenvalue weighted by Gasteiger charge is 2.55. The minimum Gasteiger partial charge on any atom is -0.376 e. The van der Waals surface area contributed by atoms with Gasteiger partial charge in [0.05, 0.1) is 17.3 Å². The molecule has 0 spiro atoms. The molecule has 6 heteroatoms. The number of carbonyl (C=O) groups is 1. The molecule has 0 aromatic carbocycles. The topological polar surface area (TPSA) is 52.6 Å². The van der Waals surface area contributed by atoms with E-state index in [1.54, 1.807) is 6.20 Å². The summed E-state index contributed by atoms with van der Waals surface area (Å²) in [5, 5.41) is 8.46. The lowest BCUT2D eigenvalue weighted by molar-refractivity contribution is -0.158. The standard InChI is InChI=1S/C21H31N5O/c1-24(2)18-10-19(23-22-14-18)25-3-5-26(6-4-25)20(27)21-11-15-7-16(12-21)9-17(8-15)13-21/h10,14-17H,3-9,11-13H2,1-2H3. The number of rotatable bonds is 3. The molecule has 6 nitrogen and oxygen atoms in total. The molecule has 1 aromatic rings. The molecule has 4 bridgehead atoms. The first-order valence-electron chi connectivity index (χ1n) is 10.6. The molecule has 0 atom stereocenters. The predicted octanol–water partition coefficient (Wildman–Crippen LogP) is 2.41. The lowest BCUT2D eigenvalue weighted by Gasteiger charge is -2.57. The molecule has 5 fully saturated rings. The Morgan fingerprint density at radius 2 is 1.63 bits per heavy atom. The van der Waals surface area contributed by atoms with Gasteiger partial charge in [-0.2, -0.15) is 5.10 Å². The molecule has 4 saturated carbocycles. The van der Waals surface area contributed by atoms with Crippen LogP contribution in [0, 0.1) is 23.2 Å². The summed E-state index contributed by atoms with van der Waals surface area (Å²) in [5.74, 6) is 3.86. The molecule has 27 heavy (non-hydrogen) atoms. The van der Waals surface area contributed by atoms with E-state index in [1.807, 2.05) is 19.0 Å². The van der Waals surface area contributed by atoms with Crippen LogP contribution in [0.4, 0.5) is 11.5 Å². The molecular formula is C21H31N5O. The number of aromatic nitrogens is 2. The van der Waals surface area contributed by atoms with Crippen LogP contribution >= 0.6 is 0 Å². The summed E-state index contributed by atoms with van der Waals surface area (Å²) in [6, 6.07) is 2.09. The quantitative estimate of drug-likeness (QED) is 0.819. The van der Waals surface area contributed by atoms with Gasteiger partial charge >= 0.3 is 0 Å². The van der Waals surface area contributed by atoms with Crippen molar-refractivity contribution in [2.24, 2.45) is 23.2 Å². The minimum atomic E-state index is -0.0123. The van der Waals surface area contributed by atoms with Crippen molar-refractivity contribution in [3.63, 3.8) is 0 Å². The SMILES string of the molecule is CN(C)c1cnnc(N2CCN(C(=O)C34CC5CC(CC(C5)C3)C4)CC2)c1. The first-order valence-corrected chi connectivity index (χ1v) is 10.6. The predicted molar refractivity (Wildman–Crippen MR) is 106 cm³/mol. The molecule has 6 rings (SSSR count). The fourth-order valence-corrected chi connectivity index (χ4v) is 6.59. The Morgan fingerprint density at radius 3 is 2.19 bits per heavy atom. The molecule has 1 saturated heterocycles. The summed E-state index contributed by atoms with van der Waals surface area (Å²) in [6.45, 7) is 3.33. The van der Waals surface area contributed by atoms with Crippen LogP contribution in [0.25, 0.3) is 0 Å². The normalized spacial score (nSPS) is 34.8. The summed E-state index contributed by atoms with van der Waals surface area (Å²) in [5.41, 5.74) is 1.05. The van der Waals surface area contributed by atoms with Crippen molar-refractivity contribution < 1.29 is 4.79 Å². The Labute approximate surface area is 161 Å². The number of hydrogen-bond acceptors (Lipinski definition) is 5. The maximum atomic E-state index is 13.5. The van der Waals surface area contributed by atoms with Crippen LogP contribution in [-0.2, 0) is 4.79 Å². The minimum absolute atomic E-state index is 0.0123. The van der Waals surface area contributed by atoms with E-state index in [0.717, 1.165) is 74.7 Å². The molecular weight excluding hydrogens is 338 g/mol. The summed E-state index contributed by atoms with van der Waals surface area (Å²) >= 11 is 0. The van der Waals surface area contributed by atoms with Crippen LogP contribution < -0.4 is 9.80 Å². The van der Waals surface area contributed by atoms with E-state index in [-0.39, 0.29) is 5.41 Å². The largest absolute Gasteiger partial charge is 0.376 e. The third-order valence-electron chi connectivity index (χ3n) is 7.53. The molecule has 0 unspecified atom stereocenters. The second-order valence-electron chi connectivity index (χ2n) is 9.64. The van der Waals surface area contributed by atoms with Gasteiger partial charge in [0, 0.05) is 46.3 Å². The average Bonchev–Trinajstić information content (AvgIpc) is 2.66. The van der Waals surface area contributed by atoms with Gasteiger partial charge in [-0.3, -0.25) is 4.79 Å². The molecule has 5 aliphatic rings. The molecule has 0 radical (unpaired) electrons. The Kier molecular flexibility index (Phi) is 4.06. The van der Waals surface area contributed by atoms with Crippen molar-refractivity contribution in [1.82, 2.24) is 15.1 Å². The van der Waals surface area contributed by atoms with Crippen LogP contribution in [-0.4, -0.2) is 61.3 Å². The van der Waals surface area contributed by atoms with Gasteiger partial charge in [0.1, 0.15) is 0 Å². The van der Waals surface area contributed by atoms with Crippen LogP contribution in [0.3, 0.4) is 0 Å². The fourth-order valence-electron chi connectivity index (χ4n) is 6.59. The van der Waals surface area contributed by atoms with E-state index in [9.17, 15) is 4.79 Å². The lowest BCUT2D eigenvalue weighted by atomic mass is 9.49. The third kappa shape index (κ3) is 2.97. The van der Waals surface area contributed by atoms with Crippen molar-refractivity contribution in [2.75, 3.05) is 50.1 Å². The van der Waals surface area contributed by atoms with Gasteiger partial charge in [0.2, 0.25) is 5.91 Å². The average molecular weight is 370 g/mol. The first-order chi connectivity index (χ1) is 13.0. The van der Waals surface area contributed by atoms with Gasteiger partial charge in [0.25, 0.3) is 0 Å². The lowest BCUT2D eigenvalue weighted by Crippen LogP contribution is -2.58. The summed E-state index contributed by atoms with van der Waals surface area (Å²) in [6.07, 6.45) is 9.44. The maximum Gasteiger partial charge on any atom is 0.228 e. The molecule has 4 aliphatic carbocycles. The highest BCUT2D eigenvalue weighted by atomic mass is 16.2. The van der Waals surface area contributed by atoms with E-state index in [0.29, 0.717) is 5.91 Å². The van der Waals surface area contributed by atoms with E-state index < -0.39 is 0 Å². The Hall–Kier alpha value is -1.85. The van der Waals surface area contributed by atoms with Crippen molar-refractivity contribution in [2.45, 2.75) is 38.5 Å². The van der Waals surface area contributed by atoms with Crippen molar-refractivity contribution in [1.29, 1.82) is 0 Å². The fraction of sp³-hybridized carbons (Fsp3) is 0.762. The van der Waals surface area contributed by atoms with E-state index in [4.69, 9.17) is 0 Å². The van der Waals surface area contributed by atoms with Crippen molar-refractivity contribution in [3.05, 3.63) is 12.3 Å². The van der Waals surface area contributed by atoms with Gasteiger partial charge in [-0.25, -0.2) is 0 Å². The van der Waals surface area contributed by atoms with Gasteiger partial charge in [-0.15, -0.1) is 5.10 Å². The number of anilines is 2. The molecule has 1 aromatic heterocycles. The number of piperazine rings is 1. The molecule has 2 heterocycles. The zero-order valence-corrected chi connectivity index (χ0v) is 16.6. The van der Waals surface area contributed by atoms with E-state index in [2.05, 4.69) is 26.1 Å². The number of amides is 1. The molecule has 1 aliphatic heterocycles. The van der Waals surface area contributed by atoms with Gasteiger partial charge in [-0.1, -0.05) is 0 Å². The summed E-state index contributed by atoms with van der Waals surface area (Å²) in [7, 11) is 4.03. The number of hydrogen-bond donors (Lipinski definition) is 0. The zero-order valence-electron chi connectivity index (χ0n) is 16.6. The Morgan fingerprint density at radius 1 is 1.04 bits per heavy atom. The molecule has 146 valence electrons. The highest BCUT2D eigenvalue weighted by molar-refractivity contribution is 5.83. The third-order valence-corrected chi connectivity index (χ3v) is 7.53. The van der Waals surface area contributed by atoms with Crippen molar-refractivity contribution in [3.8, 4) is 0 Å². The Balaban J connectivity index is 1.26. The molecule has 1 amide bonds.